The Morgan fingerprint density at radius 1 is 1.43 bits per heavy atom. The van der Waals surface area contributed by atoms with Gasteiger partial charge in [0, 0.05) is 15.5 Å². The van der Waals surface area contributed by atoms with Crippen molar-refractivity contribution in [3.8, 4) is 9.75 Å². The molecule has 0 spiro atoms. The molecule has 2 aromatic heterocycles. The van der Waals surface area contributed by atoms with E-state index in [1.807, 2.05) is 23.1 Å². The van der Waals surface area contributed by atoms with E-state index in [9.17, 15) is 4.79 Å². The molecule has 1 aliphatic rings. The maximum atomic E-state index is 11.8. The van der Waals surface area contributed by atoms with Crippen LogP contribution in [0.25, 0.3) is 9.75 Å². The van der Waals surface area contributed by atoms with Crippen molar-refractivity contribution in [1.82, 2.24) is 0 Å². The zero-order chi connectivity index (χ0) is 15.0. The first kappa shape index (κ1) is 14.9. The lowest BCUT2D eigenvalue weighted by molar-refractivity contribution is 0.0607. The number of methoxy groups -OCH3 is 1. The van der Waals surface area contributed by atoms with Crippen molar-refractivity contribution in [1.29, 1.82) is 0 Å². The summed E-state index contributed by atoms with van der Waals surface area (Å²) < 4.78 is 4.84. The van der Waals surface area contributed by atoms with E-state index in [-0.39, 0.29) is 5.97 Å². The van der Waals surface area contributed by atoms with Crippen LogP contribution >= 0.6 is 34.4 Å². The number of nitrogens with two attached hydrogens (primary N) is 1. The quantitative estimate of drug-likeness (QED) is 0.852. The van der Waals surface area contributed by atoms with Crippen LogP contribution in [0.3, 0.4) is 0 Å². The van der Waals surface area contributed by atoms with Gasteiger partial charge in [-0.1, -0.05) is 6.92 Å². The lowest BCUT2D eigenvalue weighted by atomic mass is 10.1. The van der Waals surface area contributed by atoms with Crippen molar-refractivity contribution in [2.45, 2.75) is 25.5 Å². The number of nitrogen functional groups attached to an aromatic ring is 1. The molecule has 1 aliphatic heterocycles. The number of thiophene rings is 2. The van der Waals surface area contributed by atoms with Crippen molar-refractivity contribution in [3.05, 3.63) is 26.9 Å². The lowest BCUT2D eigenvalue weighted by Crippen LogP contribution is -2.02. The van der Waals surface area contributed by atoms with Gasteiger partial charge in [0.2, 0.25) is 0 Å². The monoisotopic (exact) mass is 339 g/mol. The molecule has 3 rings (SSSR count). The Labute approximate surface area is 136 Å². The zero-order valence-electron chi connectivity index (χ0n) is 12.0. The van der Waals surface area contributed by atoms with E-state index in [4.69, 9.17) is 10.5 Å². The Morgan fingerprint density at radius 3 is 2.90 bits per heavy atom. The lowest BCUT2D eigenvalue weighted by Gasteiger charge is -2.08. The molecule has 0 aromatic carbocycles. The van der Waals surface area contributed by atoms with Crippen LogP contribution in [0.2, 0.25) is 0 Å². The molecule has 0 unspecified atom stereocenters. The second kappa shape index (κ2) is 6.02. The minimum atomic E-state index is -0.338. The summed E-state index contributed by atoms with van der Waals surface area (Å²) in [5, 5.41) is 0. The van der Waals surface area contributed by atoms with Gasteiger partial charge in [0.25, 0.3) is 0 Å². The topological polar surface area (TPSA) is 52.3 Å². The third kappa shape index (κ3) is 2.60. The predicted octanol–water partition coefficient (Wildman–Crippen LogP) is 4.20. The van der Waals surface area contributed by atoms with Gasteiger partial charge in [-0.15, -0.1) is 22.7 Å². The van der Waals surface area contributed by atoms with Gasteiger partial charge in [-0.2, -0.15) is 11.8 Å². The SMILES string of the molecule is CCc1c(-c2cc3c(s2)CCSC3)sc(C(=O)OC)c1N. The first-order valence-electron chi connectivity index (χ1n) is 6.84. The van der Waals surface area contributed by atoms with Crippen LogP contribution < -0.4 is 5.73 Å². The van der Waals surface area contributed by atoms with Crippen LogP contribution in [0.1, 0.15) is 32.6 Å². The normalized spacial score (nSPS) is 14.0. The van der Waals surface area contributed by atoms with Gasteiger partial charge in [0.15, 0.2) is 0 Å². The number of rotatable bonds is 3. The summed E-state index contributed by atoms with van der Waals surface area (Å²) in [5.74, 6) is 1.96. The Kier molecular flexibility index (Phi) is 4.28. The number of thioether (sulfide) groups is 1. The van der Waals surface area contributed by atoms with Gasteiger partial charge in [-0.25, -0.2) is 4.79 Å². The minimum absolute atomic E-state index is 0.338. The van der Waals surface area contributed by atoms with Crippen LogP contribution in [0.5, 0.6) is 0 Å². The molecule has 0 saturated heterocycles. The molecular weight excluding hydrogens is 322 g/mol. The molecule has 3 nitrogen and oxygen atoms in total. The standard InChI is InChI=1S/C15H17NO2S3/c1-3-9-12(16)14(15(17)18-2)21-13(9)11-6-8-7-19-5-4-10(8)20-11/h6H,3-5,7,16H2,1-2H3. The molecule has 2 N–H and O–H groups in total. The molecule has 0 aliphatic carbocycles. The first-order chi connectivity index (χ1) is 10.2. The van der Waals surface area contributed by atoms with E-state index in [1.165, 1.54) is 39.5 Å². The molecule has 0 saturated carbocycles. The molecule has 112 valence electrons. The van der Waals surface area contributed by atoms with Gasteiger partial charge < -0.3 is 10.5 Å². The number of aryl methyl sites for hydroxylation is 1. The van der Waals surface area contributed by atoms with Crippen molar-refractivity contribution in [3.63, 3.8) is 0 Å². The highest BCUT2D eigenvalue weighted by molar-refractivity contribution is 7.98. The summed E-state index contributed by atoms with van der Waals surface area (Å²) in [4.78, 5) is 16.2. The molecular formula is C15H17NO2S3. The average molecular weight is 340 g/mol. The van der Waals surface area contributed by atoms with Gasteiger partial charge in [0.05, 0.1) is 17.7 Å². The van der Waals surface area contributed by atoms with Gasteiger partial charge in [0.1, 0.15) is 4.88 Å². The second-order valence-corrected chi connectivity index (χ2v) is 8.12. The number of anilines is 1. The zero-order valence-corrected chi connectivity index (χ0v) is 14.5. The average Bonchev–Trinajstić information content (AvgIpc) is 3.06. The maximum Gasteiger partial charge on any atom is 0.350 e. The van der Waals surface area contributed by atoms with Crippen molar-refractivity contribution in [2.24, 2.45) is 0 Å². The number of hydrogen-bond donors (Lipinski definition) is 1. The second-order valence-electron chi connectivity index (χ2n) is 4.86. The minimum Gasteiger partial charge on any atom is -0.465 e. The van der Waals surface area contributed by atoms with Crippen LogP contribution in [-0.4, -0.2) is 18.8 Å². The first-order valence-corrected chi connectivity index (χ1v) is 9.63. The summed E-state index contributed by atoms with van der Waals surface area (Å²) in [6.45, 7) is 2.08. The number of carbonyl (C=O) groups is 1. The Bertz CT molecular complexity index is 664. The Hall–Kier alpha value is -0.980. The molecule has 21 heavy (non-hydrogen) atoms. The highest BCUT2D eigenvalue weighted by Gasteiger charge is 2.23. The maximum absolute atomic E-state index is 11.8. The van der Waals surface area contributed by atoms with Crippen LogP contribution in [0.15, 0.2) is 6.07 Å². The number of fused-ring (bicyclic) bond motifs is 1. The number of carbonyl (C=O) groups excluding carboxylic acids is 1. The van der Waals surface area contributed by atoms with Crippen molar-refractivity contribution < 1.29 is 9.53 Å². The molecule has 2 aromatic rings. The Balaban J connectivity index is 2.09. The predicted molar refractivity (Wildman–Crippen MR) is 92.6 cm³/mol. The molecule has 0 amide bonds. The van der Waals surface area contributed by atoms with Gasteiger partial charge >= 0.3 is 5.97 Å². The summed E-state index contributed by atoms with van der Waals surface area (Å²) in [6.07, 6.45) is 1.98. The van der Waals surface area contributed by atoms with E-state index in [1.54, 1.807) is 0 Å². The fraction of sp³-hybridized carbons (Fsp3) is 0.400. The summed E-state index contributed by atoms with van der Waals surface area (Å²) in [7, 11) is 1.40. The van der Waals surface area contributed by atoms with E-state index in [2.05, 4.69) is 13.0 Å². The third-order valence-electron chi connectivity index (χ3n) is 3.62. The van der Waals surface area contributed by atoms with Crippen LogP contribution in [0, 0.1) is 0 Å². The van der Waals surface area contributed by atoms with Gasteiger partial charge in [-0.3, -0.25) is 0 Å². The molecule has 0 atom stereocenters. The highest BCUT2D eigenvalue weighted by atomic mass is 32.2. The van der Waals surface area contributed by atoms with E-state index in [0.717, 1.165) is 29.0 Å². The highest BCUT2D eigenvalue weighted by Crippen LogP contribution is 2.44. The van der Waals surface area contributed by atoms with Crippen molar-refractivity contribution in [2.75, 3.05) is 18.6 Å². The molecule has 0 fully saturated rings. The summed E-state index contributed by atoms with van der Waals surface area (Å²) in [6, 6.07) is 2.28. The molecule has 6 heteroatoms. The smallest absolute Gasteiger partial charge is 0.350 e. The van der Waals surface area contributed by atoms with E-state index in [0.29, 0.717) is 10.6 Å². The molecule has 0 radical (unpaired) electrons. The summed E-state index contributed by atoms with van der Waals surface area (Å²) >= 11 is 5.30. The summed E-state index contributed by atoms with van der Waals surface area (Å²) in [5.41, 5.74) is 9.27. The largest absolute Gasteiger partial charge is 0.465 e. The number of esters is 1. The molecule has 3 heterocycles. The number of hydrogen-bond acceptors (Lipinski definition) is 6. The third-order valence-corrected chi connectivity index (χ3v) is 7.28. The van der Waals surface area contributed by atoms with Crippen LogP contribution in [0.4, 0.5) is 5.69 Å². The van der Waals surface area contributed by atoms with E-state index < -0.39 is 0 Å². The van der Waals surface area contributed by atoms with Crippen LogP contribution in [-0.2, 0) is 23.3 Å². The fourth-order valence-corrected chi connectivity index (χ4v) is 6.26. The number of ether oxygens (including phenoxy) is 1. The van der Waals surface area contributed by atoms with Crippen molar-refractivity contribution >= 4 is 46.1 Å². The molecule has 0 bridgehead atoms. The van der Waals surface area contributed by atoms with Gasteiger partial charge in [-0.05, 0) is 35.8 Å². The fourth-order valence-electron chi connectivity index (χ4n) is 2.53. The van der Waals surface area contributed by atoms with E-state index >= 15 is 0 Å². The Morgan fingerprint density at radius 2 is 2.24 bits per heavy atom.